The summed E-state index contributed by atoms with van der Waals surface area (Å²) >= 11 is 20.0. The van der Waals surface area contributed by atoms with Crippen molar-refractivity contribution in [3.05, 3.63) is 86.4 Å². The molecule has 0 N–H and O–H groups in total. The third-order valence-corrected chi connectivity index (χ3v) is 8.18. The first kappa shape index (κ1) is 25.2. The lowest BCUT2D eigenvalue weighted by Gasteiger charge is -2.44. The molecule has 3 rings (SSSR count). The molecule has 0 saturated heterocycles. The van der Waals surface area contributed by atoms with Gasteiger partial charge in [-0.1, -0.05) is 123 Å². The topological polar surface area (TPSA) is 0 Å². The van der Waals surface area contributed by atoms with Gasteiger partial charge in [0.2, 0.25) is 0 Å². The molecule has 0 atom stereocenters. The van der Waals surface area contributed by atoms with Crippen LogP contribution in [0.5, 0.6) is 0 Å². The summed E-state index contributed by atoms with van der Waals surface area (Å²) in [6.07, 6.45) is 3.27. The van der Waals surface area contributed by atoms with Gasteiger partial charge in [0.25, 0.3) is 0 Å². The first-order chi connectivity index (χ1) is 15.1. The van der Waals surface area contributed by atoms with Crippen LogP contribution >= 0.6 is 34.8 Å². The molecule has 170 valence electrons. The van der Waals surface area contributed by atoms with E-state index in [4.69, 9.17) is 34.8 Å². The number of hydrogen-bond donors (Lipinski definition) is 0. The normalized spacial score (nSPS) is 11.9. The molecule has 0 heterocycles. The fraction of sp³-hybridized carbons (Fsp3) is 0.357. The second kappa shape index (κ2) is 10.7. The highest BCUT2D eigenvalue weighted by atomic mass is 35.5. The van der Waals surface area contributed by atoms with Crippen molar-refractivity contribution in [1.82, 2.24) is 0 Å². The number of unbranched alkanes of at least 4 members (excludes halogenated alkanes) is 1. The van der Waals surface area contributed by atoms with Crippen molar-refractivity contribution in [2.24, 2.45) is 5.92 Å². The summed E-state index contributed by atoms with van der Waals surface area (Å²) < 4.78 is 0. The smallest absolute Gasteiger partial charge is 0.0816 e. The summed E-state index contributed by atoms with van der Waals surface area (Å²) in [5.74, 6) is 0.702. The van der Waals surface area contributed by atoms with Gasteiger partial charge in [0.15, 0.2) is 0 Å². The van der Waals surface area contributed by atoms with Crippen LogP contribution in [-0.2, 0) is 0 Å². The SMILES string of the molecule is Cc1ccc([B-](CCCCC(C)C)(c2ccc(C)c(Cl)c2)c2ccc(C)c(Cl)c2)cc1Cl. The molecule has 0 fully saturated rings. The zero-order chi connectivity index (χ0) is 23.5. The van der Waals surface area contributed by atoms with E-state index in [-0.39, 0.29) is 0 Å². The Labute approximate surface area is 209 Å². The van der Waals surface area contributed by atoms with Gasteiger partial charge in [0, 0.05) is 15.1 Å². The molecular weight excluding hydrogens is 453 g/mol. The van der Waals surface area contributed by atoms with Gasteiger partial charge < -0.3 is 0 Å². The maximum Gasteiger partial charge on any atom is 0.0816 e. The lowest BCUT2D eigenvalue weighted by molar-refractivity contribution is 0.549. The van der Waals surface area contributed by atoms with Crippen LogP contribution in [-0.4, -0.2) is 6.15 Å². The average molecular weight is 487 g/mol. The molecule has 0 aromatic heterocycles. The zero-order valence-electron chi connectivity index (χ0n) is 19.8. The molecule has 0 spiro atoms. The molecule has 0 aliphatic heterocycles. The van der Waals surface area contributed by atoms with E-state index in [2.05, 4.69) is 89.2 Å². The molecule has 0 saturated carbocycles. The van der Waals surface area contributed by atoms with Gasteiger partial charge in [-0.2, -0.15) is 22.7 Å². The van der Waals surface area contributed by atoms with Gasteiger partial charge in [-0.15, -0.1) is 0 Å². The maximum absolute atomic E-state index is 6.67. The Morgan fingerprint density at radius 3 is 1.31 bits per heavy atom. The predicted octanol–water partition coefficient (Wildman–Crippen LogP) is 7.87. The van der Waals surface area contributed by atoms with Crippen molar-refractivity contribution < 1.29 is 0 Å². The Balaban J connectivity index is 2.27. The average Bonchev–Trinajstić information content (AvgIpc) is 2.74. The first-order valence-corrected chi connectivity index (χ1v) is 12.8. The predicted molar refractivity (Wildman–Crippen MR) is 147 cm³/mol. The van der Waals surface area contributed by atoms with Crippen LogP contribution in [0.15, 0.2) is 54.6 Å². The Hall–Kier alpha value is -1.41. The first-order valence-electron chi connectivity index (χ1n) is 11.6. The largest absolute Gasteiger partial charge is 0.198 e. The number of rotatable bonds is 8. The quantitative estimate of drug-likeness (QED) is 0.224. The molecule has 0 amide bonds. The fourth-order valence-corrected chi connectivity index (χ4v) is 5.39. The molecule has 4 heteroatoms. The minimum absolute atomic E-state index is 0.702. The van der Waals surface area contributed by atoms with Crippen molar-refractivity contribution in [2.45, 2.75) is 60.2 Å². The van der Waals surface area contributed by atoms with E-state index in [9.17, 15) is 0 Å². The number of halogens is 3. The molecular formula is C28H33BCl3-. The van der Waals surface area contributed by atoms with Gasteiger partial charge >= 0.3 is 0 Å². The van der Waals surface area contributed by atoms with E-state index in [0.29, 0.717) is 5.92 Å². The van der Waals surface area contributed by atoms with Gasteiger partial charge in [0.1, 0.15) is 0 Å². The minimum Gasteiger partial charge on any atom is -0.198 e. The van der Waals surface area contributed by atoms with Crippen LogP contribution in [0.4, 0.5) is 0 Å². The standard InChI is InChI=1S/C28H33BCl3/c1-19(2)8-6-7-15-29(23-12-9-20(3)26(30)16-23,24-13-10-21(4)27(31)17-24)25-14-11-22(5)28(32)18-25/h9-14,16-19H,6-8,15H2,1-5H3/q-1. The van der Waals surface area contributed by atoms with Crippen molar-refractivity contribution in [3.8, 4) is 0 Å². The van der Waals surface area contributed by atoms with Gasteiger partial charge in [0.05, 0.1) is 6.15 Å². The summed E-state index contributed by atoms with van der Waals surface area (Å²) in [5, 5.41) is 2.40. The molecule has 0 bridgehead atoms. The van der Waals surface area contributed by atoms with E-state index in [1.54, 1.807) is 0 Å². The zero-order valence-corrected chi connectivity index (χ0v) is 22.1. The monoisotopic (exact) mass is 485 g/mol. The van der Waals surface area contributed by atoms with E-state index >= 15 is 0 Å². The van der Waals surface area contributed by atoms with Crippen LogP contribution in [0.2, 0.25) is 21.4 Å². The number of hydrogen-bond acceptors (Lipinski definition) is 0. The van der Waals surface area contributed by atoms with Crippen LogP contribution in [0.25, 0.3) is 0 Å². The Kier molecular flexibility index (Phi) is 8.42. The van der Waals surface area contributed by atoms with E-state index < -0.39 is 6.15 Å². The van der Waals surface area contributed by atoms with Crippen LogP contribution in [0, 0.1) is 26.7 Å². The van der Waals surface area contributed by atoms with Crippen LogP contribution in [0.1, 0.15) is 49.8 Å². The fourth-order valence-electron chi connectivity index (χ4n) is 4.83. The van der Waals surface area contributed by atoms with Crippen molar-refractivity contribution in [3.63, 3.8) is 0 Å². The van der Waals surface area contributed by atoms with Gasteiger partial charge in [-0.05, 0) is 43.4 Å². The number of benzene rings is 3. The highest BCUT2D eigenvalue weighted by Crippen LogP contribution is 2.25. The highest BCUT2D eigenvalue weighted by molar-refractivity contribution is 7.11. The second-order valence-electron chi connectivity index (χ2n) is 9.75. The molecule has 0 unspecified atom stereocenters. The van der Waals surface area contributed by atoms with Crippen molar-refractivity contribution in [1.29, 1.82) is 0 Å². The summed E-state index contributed by atoms with van der Waals surface area (Å²) in [4.78, 5) is 0. The number of aryl methyl sites for hydroxylation is 3. The Morgan fingerprint density at radius 2 is 1.00 bits per heavy atom. The molecule has 32 heavy (non-hydrogen) atoms. The second-order valence-corrected chi connectivity index (χ2v) is 11.0. The molecule has 0 nitrogen and oxygen atoms in total. The Morgan fingerprint density at radius 1 is 0.625 bits per heavy atom. The summed E-state index contributed by atoms with van der Waals surface area (Å²) in [7, 11) is 0. The van der Waals surface area contributed by atoms with Crippen LogP contribution < -0.4 is 16.4 Å². The van der Waals surface area contributed by atoms with Crippen LogP contribution in [0.3, 0.4) is 0 Å². The Bertz CT molecular complexity index is 963. The summed E-state index contributed by atoms with van der Waals surface area (Å²) in [5.41, 5.74) is 6.98. The third-order valence-electron chi connectivity index (χ3n) is 6.96. The highest BCUT2D eigenvalue weighted by Gasteiger charge is 2.30. The summed E-state index contributed by atoms with van der Waals surface area (Å²) in [6, 6.07) is 19.6. The molecule has 0 aliphatic rings. The minimum atomic E-state index is -1.30. The summed E-state index contributed by atoms with van der Waals surface area (Å²) in [6.45, 7) is 10.7. The van der Waals surface area contributed by atoms with Crippen molar-refractivity contribution >= 4 is 57.3 Å². The van der Waals surface area contributed by atoms with Crippen molar-refractivity contribution in [2.75, 3.05) is 0 Å². The molecule has 0 radical (unpaired) electrons. The van der Waals surface area contributed by atoms with E-state index in [1.807, 2.05) is 0 Å². The molecule has 0 aliphatic carbocycles. The lowest BCUT2D eigenvalue weighted by Crippen LogP contribution is -2.67. The molecule has 3 aromatic carbocycles. The van der Waals surface area contributed by atoms with E-state index in [1.165, 1.54) is 29.2 Å². The maximum atomic E-state index is 6.67. The van der Waals surface area contributed by atoms with Gasteiger partial charge in [-0.3, -0.25) is 0 Å². The van der Waals surface area contributed by atoms with E-state index in [0.717, 1.165) is 44.5 Å². The lowest BCUT2D eigenvalue weighted by atomic mass is 9.14. The van der Waals surface area contributed by atoms with Gasteiger partial charge in [-0.25, -0.2) is 0 Å². The third kappa shape index (κ3) is 5.38. The molecule has 3 aromatic rings.